The van der Waals surface area contributed by atoms with Crippen LogP contribution < -0.4 is 0 Å². The summed E-state index contributed by atoms with van der Waals surface area (Å²) in [4.78, 5) is 14.7. The molecule has 179 valence electrons. The zero-order chi connectivity index (χ0) is 24.1. The van der Waals surface area contributed by atoms with Gasteiger partial charge in [-0.25, -0.2) is 0 Å². The minimum Gasteiger partial charge on any atom is -0.512 e. The summed E-state index contributed by atoms with van der Waals surface area (Å²) in [5.41, 5.74) is 7.15. The fourth-order valence-corrected chi connectivity index (χ4v) is 4.90. The van der Waals surface area contributed by atoms with Gasteiger partial charge in [0.15, 0.2) is 11.4 Å². The first kappa shape index (κ1) is 23.7. The van der Waals surface area contributed by atoms with E-state index in [2.05, 4.69) is 52.9 Å². The average molecular weight is 650 g/mol. The number of fused-ring (bicyclic) bond motifs is 8. The number of carbonyl (C=O) groups excluding carboxylic acids is 1. The molecule has 3 aromatic carbocycles. The Hall–Kier alpha value is -3.99. The molecule has 0 spiro atoms. The Kier molecular flexibility index (Phi) is 6.09. The fraction of sp³-hybridized carbons (Fsp3) is 0.0667. The third-order valence-corrected chi connectivity index (χ3v) is 6.12. The first-order valence-electron chi connectivity index (χ1n) is 11.3. The van der Waals surface area contributed by atoms with Gasteiger partial charge in [-0.3, -0.25) is 4.79 Å². The maximum absolute atomic E-state index is 10.0. The summed E-state index contributed by atoms with van der Waals surface area (Å²) >= 11 is 0. The van der Waals surface area contributed by atoms with Crippen molar-refractivity contribution >= 4 is 55.0 Å². The molecule has 6 heteroatoms. The van der Waals surface area contributed by atoms with Gasteiger partial charge in [-0.2, -0.15) is 0 Å². The van der Waals surface area contributed by atoms with Crippen molar-refractivity contribution < 1.29 is 34.4 Å². The molecule has 0 saturated carbocycles. The molecule has 0 saturated heterocycles. The Morgan fingerprint density at radius 2 is 1.69 bits per heavy atom. The molecule has 7 rings (SSSR count). The zero-order valence-electron chi connectivity index (χ0n) is 19.6. The van der Waals surface area contributed by atoms with Gasteiger partial charge in [0.1, 0.15) is 5.58 Å². The molecule has 0 aliphatic rings. The Balaban J connectivity index is 0.000000297. The van der Waals surface area contributed by atoms with Crippen LogP contribution in [0.4, 0.5) is 0 Å². The van der Waals surface area contributed by atoms with Crippen LogP contribution in [0.2, 0.25) is 0 Å². The van der Waals surface area contributed by atoms with E-state index in [1.807, 2.05) is 36.5 Å². The average Bonchev–Trinajstić information content (AvgIpc) is 3.49. The minimum absolute atomic E-state index is 0. The van der Waals surface area contributed by atoms with Crippen molar-refractivity contribution in [1.29, 1.82) is 0 Å². The van der Waals surface area contributed by atoms with Crippen molar-refractivity contribution in [3.63, 3.8) is 0 Å². The SMILES string of the molecule is CC(=O)/C=C(/C)O.[Ir].[c-]1ccccc1-c1nccc2oc3c4cccc5c6ccccc6n(c54)c3c12. The second-order valence-corrected chi connectivity index (χ2v) is 8.54. The molecule has 36 heavy (non-hydrogen) atoms. The van der Waals surface area contributed by atoms with Crippen molar-refractivity contribution in [2.45, 2.75) is 13.8 Å². The normalized spacial score (nSPS) is 11.8. The quantitative estimate of drug-likeness (QED) is 0.120. The number of ketones is 1. The first-order valence-corrected chi connectivity index (χ1v) is 11.3. The molecule has 1 radical (unpaired) electrons. The third-order valence-electron chi connectivity index (χ3n) is 6.12. The van der Waals surface area contributed by atoms with E-state index in [0.717, 1.165) is 38.7 Å². The number of aromatic nitrogens is 2. The van der Waals surface area contributed by atoms with Crippen LogP contribution in [0, 0.1) is 6.07 Å². The van der Waals surface area contributed by atoms with Crippen molar-refractivity contribution in [3.05, 3.63) is 96.9 Å². The molecular formula is C30H21IrN2O3-. The maximum Gasteiger partial charge on any atom is 0.160 e. The number of hydrogen-bond donors (Lipinski definition) is 1. The van der Waals surface area contributed by atoms with Gasteiger partial charge in [-0.05, 0) is 32.0 Å². The molecule has 0 atom stereocenters. The number of furan rings is 1. The van der Waals surface area contributed by atoms with E-state index in [4.69, 9.17) is 14.5 Å². The molecule has 1 N–H and O–H groups in total. The molecule has 0 unspecified atom stereocenters. The van der Waals surface area contributed by atoms with E-state index in [0.29, 0.717) is 0 Å². The van der Waals surface area contributed by atoms with Crippen molar-refractivity contribution in [3.8, 4) is 11.3 Å². The Morgan fingerprint density at radius 3 is 2.42 bits per heavy atom. The number of para-hydroxylation sites is 2. The van der Waals surface area contributed by atoms with Crippen molar-refractivity contribution in [1.82, 2.24) is 9.38 Å². The fourth-order valence-electron chi connectivity index (χ4n) is 4.90. The van der Waals surface area contributed by atoms with E-state index < -0.39 is 0 Å². The summed E-state index contributed by atoms with van der Waals surface area (Å²) in [5, 5.41) is 13.1. The molecule has 4 aromatic heterocycles. The van der Waals surface area contributed by atoms with Gasteiger partial charge in [0.2, 0.25) is 0 Å². The standard InChI is InChI=1S/C25H13N2O.C5H8O2.Ir/c1-2-7-15(8-3-1)22-21-20(13-14-26-22)28-25-18-11-6-10-17-16-9-4-5-12-19(16)27(23(17)18)24(21)25;1-4(6)3-5(2)7;/h1-7,9-14H;3,6H,1-2H3;/q-1;;/b;4-3-;. The molecule has 4 heterocycles. The number of rotatable bonds is 2. The van der Waals surface area contributed by atoms with E-state index in [1.54, 1.807) is 0 Å². The van der Waals surface area contributed by atoms with Crippen molar-refractivity contribution in [2.75, 3.05) is 0 Å². The predicted molar refractivity (Wildman–Crippen MR) is 140 cm³/mol. The number of benzene rings is 3. The van der Waals surface area contributed by atoms with E-state index in [1.165, 1.54) is 41.7 Å². The van der Waals surface area contributed by atoms with E-state index in [9.17, 15) is 4.79 Å². The molecule has 0 aliphatic carbocycles. The van der Waals surface area contributed by atoms with Crippen LogP contribution >= 0.6 is 0 Å². The van der Waals surface area contributed by atoms with Gasteiger partial charge >= 0.3 is 0 Å². The molecule has 7 aromatic rings. The summed E-state index contributed by atoms with van der Waals surface area (Å²) < 4.78 is 8.72. The van der Waals surface area contributed by atoms with Gasteiger partial charge in [0.05, 0.1) is 22.3 Å². The summed E-state index contributed by atoms with van der Waals surface area (Å²) in [6.45, 7) is 2.85. The largest absolute Gasteiger partial charge is 0.512 e. The summed E-state index contributed by atoms with van der Waals surface area (Å²) in [5.74, 6) is -0.0625. The van der Waals surface area contributed by atoms with Crippen LogP contribution in [0.25, 0.3) is 60.5 Å². The molecule has 0 aliphatic heterocycles. The van der Waals surface area contributed by atoms with E-state index >= 15 is 0 Å². The summed E-state index contributed by atoms with van der Waals surface area (Å²) in [6, 6.07) is 28.2. The molecule has 5 nitrogen and oxygen atoms in total. The van der Waals surface area contributed by atoms with Crippen LogP contribution in [0.3, 0.4) is 0 Å². The predicted octanol–water partition coefficient (Wildman–Crippen LogP) is 7.48. The Bertz CT molecular complexity index is 1890. The zero-order valence-corrected chi connectivity index (χ0v) is 22.0. The van der Waals surface area contributed by atoms with Crippen LogP contribution in [0.1, 0.15) is 13.8 Å². The number of aliphatic hydroxyl groups is 1. The van der Waals surface area contributed by atoms with Crippen molar-refractivity contribution in [2.24, 2.45) is 0 Å². The van der Waals surface area contributed by atoms with Gasteiger partial charge in [0.25, 0.3) is 0 Å². The number of hydrogen-bond acceptors (Lipinski definition) is 4. The molecule has 0 bridgehead atoms. The number of aliphatic hydroxyl groups excluding tert-OH is 1. The molecule has 0 amide bonds. The summed E-state index contributed by atoms with van der Waals surface area (Å²) in [6.07, 6.45) is 2.98. The molecular weight excluding hydrogens is 629 g/mol. The summed E-state index contributed by atoms with van der Waals surface area (Å²) in [7, 11) is 0. The van der Waals surface area contributed by atoms with Gasteiger partial charge in [-0.1, -0.05) is 30.3 Å². The second-order valence-electron chi connectivity index (χ2n) is 8.54. The van der Waals surface area contributed by atoms with Crippen LogP contribution in [0.5, 0.6) is 0 Å². The second kappa shape index (κ2) is 9.23. The smallest absolute Gasteiger partial charge is 0.160 e. The van der Waals surface area contributed by atoms with Crippen LogP contribution in [-0.4, -0.2) is 20.3 Å². The number of carbonyl (C=O) groups is 1. The van der Waals surface area contributed by atoms with Gasteiger partial charge in [0, 0.05) is 59.6 Å². The first-order chi connectivity index (χ1) is 17.0. The minimum atomic E-state index is -0.125. The molecule has 0 fully saturated rings. The third kappa shape index (κ3) is 3.67. The monoisotopic (exact) mass is 650 g/mol. The Morgan fingerprint density at radius 1 is 0.944 bits per heavy atom. The Labute approximate surface area is 220 Å². The maximum atomic E-state index is 10.0. The number of allylic oxidation sites excluding steroid dienone is 2. The van der Waals surface area contributed by atoms with Crippen LogP contribution in [0.15, 0.2) is 95.2 Å². The number of nitrogens with zero attached hydrogens (tertiary/aromatic N) is 2. The van der Waals surface area contributed by atoms with Gasteiger partial charge in [-0.15, -0.1) is 35.9 Å². The van der Waals surface area contributed by atoms with Crippen LogP contribution in [-0.2, 0) is 24.9 Å². The number of pyridine rings is 1. The van der Waals surface area contributed by atoms with E-state index in [-0.39, 0.29) is 31.6 Å². The topological polar surface area (TPSA) is 67.7 Å². The van der Waals surface area contributed by atoms with Gasteiger partial charge < -0.3 is 18.9 Å².